The molecule has 0 N–H and O–H groups in total. The van der Waals surface area contributed by atoms with Gasteiger partial charge in [-0.2, -0.15) is 0 Å². The van der Waals surface area contributed by atoms with Gasteiger partial charge in [0.25, 0.3) is 0 Å². The normalized spacial score (nSPS) is 10.5. The van der Waals surface area contributed by atoms with Gasteiger partial charge in [0.2, 0.25) is 0 Å². The van der Waals surface area contributed by atoms with Gasteiger partial charge < -0.3 is 0 Å². The molecule has 2 rings (SSSR count). The maximum absolute atomic E-state index is 5.95. The van der Waals surface area contributed by atoms with Crippen LogP contribution in [-0.2, 0) is 0 Å². The van der Waals surface area contributed by atoms with Gasteiger partial charge in [-0.05, 0) is 31.9 Å². The van der Waals surface area contributed by atoms with Crippen LogP contribution in [0.2, 0.25) is 5.15 Å². The van der Waals surface area contributed by atoms with Crippen LogP contribution in [0.1, 0.15) is 17.0 Å². The van der Waals surface area contributed by atoms with Crippen molar-refractivity contribution in [2.75, 3.05) is 0 Å². The van der Waals surface area contributed by atoms with Crippen LogP contribution in [0.25, 0.3) is 11.3 Å². The molecule has 0 saturated heterocycles. The van der Waals surface area contributed by atoms with E-state index in [0.29, 0.717) is 11.0 Å². The molecule has 82 valence electrons. The van der Waals surface area contributed by atoms with Gasteiger partial charge in [-0.3, -0.25) is 0 Å². The summed E-state index contributed by atoms with van der Waals surface area (Å²) in [4.78, 5) is 8.50. The third-order valence-corrected chi connectivity index (χ3v) is 2.74. The third kappa shape index (κ3) is 2.07. The Labute approximate surface area is 100 Å². The highest BCUT2D eigenvalue weighted by atomic mass is 35.5. The monoisotopic (exact) mass is 232 g/mol. The van der Waals surface area contributed by atoms with E-state index in [0.717, 1.165) is 11.3 Å². The van der Waals surface area contributed by atoms with Gasteiger partial charge in [0.05, 0.1) is 5.69 Å². The lowest BCUT2D eigenvalue weighted by atomic mass is 10.00. The summed E-state index contributed by atoms with van der Waals surface area (Å²) in [5.74, 6) is 0.699. The molecule has 0 saturated carbocycles. The summed E-state index contributed by atoms with van der Waals surface area (Å²) in [6.07, 6.45) is 0. The summed E-state index contributed by atoms with van der Waals surface area (Å²) >= 11 is 5.95. The first-order valence-electron chi connectivity index (χ1n) is 5.15. The van der Waals surface area contributed by atoms with Crippen molar-refractivity contribution in [1.29, 1.82) is 0 Å². The van der Waals surface area contributed by atoms with E-state index in [1.807, 2.05) is 19.1 Å². The highest BCUT2D eigenvalue weighted by Crippen LogP contribution is 2.26. The van der Waals surface area contributed by atoms with Gasteiger partial charge in [-0.15, -0.1) is 0 Å². The average Bonchev–Trinajstić information content (AvgIpc) is 2.15. The van der Waals surface area contributed by atoms with Gasteiger partial charge in [-0.25, -0.2) is 9.97 Å². The first-order valence-corrected chi connectivity index (χ1v) is 5.53. The molecule has 16 heavy (non-hydrogen) atoms. The second-order valence-electron chi connectivity index (χ2n) is 3.89. The second kappa shape index (κ2) is 4.22. The van der Waals surface area contributed by atoms with Gasteiger partial charge in [0.1, 0.15) is 11.0 Å². The minimum absolute atomic E-state index is 0.491. The van der Waals surface area contributed by atoms with Gasteiger partial charge in [-0.1, -0.05) is 29.8 Å². The molecular formula is C13H13ClN2. The zero-order valence-electron chi connectivity index (χ0n) is 9.58. The maximum atomic E-state index is 5.95. The Bertz CT molecular complexity index is 495. The molecule has 0 aliphatic rings. The molecule has 0 aliphatic heterocycles. The number of halogens is 1. The molecule has 1 aromatic carbocycles. The number of hydrogen-bond acceptors (Lipinski definition) is 2. The van der Waals surface area contributed by atoms with Crippen molar-refractivity contribution in [3.05, 3.63) is 46.4 Å². The summed E-state index contributed by atoms with van der Waals surface area (Å²) < 4.78 is 0. The van der Waals surface area contributed by atoms with E-state index in [2.05, 4.69) is 35.9 Å². The average molecular weight is 233 g/mol. The molecule has 0 radical (unpaired) electrons. The number of hydrogen-bond donors (Lipinski definition) is 0. The first kappa shape index (κ1) is 11.1. The van der Waals surface area contributed by atoms with Crippen LogP contribution < -0.4 is 0 Å². The Kier molecular flexibility index (Phi) is 2.92. The van der Waals surface area contributed by atoms with Crippen molar-refractivity contribution in [2.24, 2.45) is 0 Å². The number of aryl methyl sites for hydroxylation is 3. The zero-order chi connectivity index (χ0) is 11.7. The van der Waals surface area contributed by atoms with E-state index in [-0.39, 0.29) is 0 Å². The Morgan fingerprint density at radius 3 is 2.19 bits per heavy atom. The lowest BCUT2D eigenvalue weighted by Crippen LogP contribution is -1.95. The molecule has 0 atom stereocenters. The van der Waals surface area contributed by atoms with Crippen molar-refractivity contribution in [2.45, 2.75) is 20.8 Å². The van der Waals surface area contributed by atoms with Crippen LogP contribution in [0.3, 0.4) is 0 Å². The third-order valence-electron chi connectivity index (χ3n) is 2.54. The Balaban J connectivity index is 2.67. The van der Waals surface area contributed by atoms with E-state index in [1.54, 1.807) is 0 Å². The van der Waals surface area contributed by atoms with Crippen LogP contribution in [0.15, 0.2) is 24.3 Å². The SMILES string of the molecule is Cc1nc(Cl)cc(-c2c(C)cccc2C)n1. The molecule has 3 heteroatoms. The van der Waals surface area contributed by atoms with Gasteiger partial charge in [0, 0.05) is 11.6 Å². The van der Waals surface area contributed by atoms with Crippen molar-refractivity contribution in [3.8, 4) is 11.3 Å². The highest BCUT2D eigenvalue weighted by molar-refractivity contribution is 6.29. The topological polar surface area (TPSA) is 25.8 Å². The molecule has 1 heterocycles. The standard InChI is InChI=1S/C13H13ClN2/c1-8-5-4-6-9(2)13(8)11-7-12(14)16-10(3)15-11/h4-7H,1-3H3. The number of nitrogens with zero attached hydrogens (tertiary/aromatic N) is 2. The predicted octanol–water partition coefficient (Wildman–Crippen LogP) is 3.72. The number of aromatic nitrogens is 2. The molecule has 2 nitrogen and oxygen atoms in total. The van der Waals surface area contributed by atoms with Crippen molar-refractivity contribution < 1.29 is 0 Å². The molecule has 2 aromatic rings. The minimum Gasteiger partial charge on any atom is -0.233 e. The Morgan fingerprint density at radius 2 is 1.62 bits per heavy atom. The summed E-state index contributed by atoms with van der Waals surface area (Å²) in [5.41, 5.74) is 4.45. The first-order chi connectivity index (χ1) is 7.58. The second-order valence-corrected chi connectivity index (χ2v) is 4.28. The molecule has 0 fully saturated rings. The molecule has 0 aliphatic carbocycles. The maximum Gasteiger partial charge on any atom is 0.133 e. The van der Waals surface area contributed by atoms with Crippen molar-refractivity contribution >= 4 is 11.6 Å². The van der Waals surface area contributed by atoms with Crippen LogP contribution in [0, 0.1) is 20.8 Å². The summed E-state index contributed by atoms with van der Waals surface area (Å²) in [5, 5.41) is 0.491. The Morgan fingerprint density at radius 1 is 1.00 bits per heavy atom. The smallest absolute Gasteiger partial charge is 0.133 e. The fourth-order valence-electron chi connectivity index (χ4n) is 1.88. The van der Waals surface area contributed by atoms with Crippen LogP contribution in [-0.4, -0.2) is 9.97 Å². The molecule has 0 amide bonds. The lowest BCUT2D eigenvalue weighted by Gasteiger charge is -2.09. The Hall–Kier alpha value is -1.41. The number of benzene rings is 1. The van der Waals surface area contributed by atoms with Crippen LogP contribution in [0.4, 0.5) is 0 Å². The van der Waals surface area contributed by atoms with E-state index in [4.69, 9.17) is 11.6 Å². The van der Waals surface area contributed by atoms with E-state index in [9.17, 15) is 0 Å². The van der Waals surface area contributed by atoms with Crippen LogP contribution >= 0.6 is 11.6 Å². The minimum atomic E-state index is 0.491. The van der Waals surface area contributed by atoms with Gasteiger partial charge >= 0.3 is 0 Å². The van der Waals surface area contributed by atoms with Crippen molar-refractivity contribution in [1.82, 2.24) is 9.97 Å². The quantitative estimate of drug-likeness (QED) is 0.701. The molecule has 0 unspecified atom stereocenters. The van der Waals surface area contributed by atoms with E-state index >= 15 is 0 Å². The lowest BCUT2D eigenvalue weighted by molar-refractivity contribution is 1.05. The number of rotatable bonds is 1. The largest absolute Gasteiger partial charge is 0.233 e. The zero-order valence-corrected chi connectivity index (χ0v) is 10.3. The summed E-state index contributed by atoms with van der Waals surface area (Å²) in [7, 11) is 0. The summed E-state index contributed by atoms with van der Waals surface area (Å²) in [6, 6.07) is 8.01. The summed E-state index contributed by atoms with van der Waals surface area (Å²) in [6.45, 7) is 6.00. The highest BCUT2D eigenvalue weighted by Gasteiger charge is 2.08. The predicted molar refractivity (Wildman–Crippen MR) is 66.7 cm³/mol. The molecule has 0 bridgehead atoms. The molecular weight excluding hydrogens is 220 g/mol. The fraction of sp³-hybridized carbons (Fsp3) is 0.231. The van der Waals surface area contributed by atoms with E-state index in [1.165, 1.54) is 11.1 Å². The van der Waals surface area contributed by atoms with Crippen LogP contribution in [0.5, 0.6) is 0 Å². The van der Waals surface area contributed by atoms with E-state index < -0.39 is 0 Å². The van der Waals surface area contributed by atoms with Crippen molar-refractivity contribution in [3.63, 3.8) is 0 Å². The van der Waals surface area contributed by atoms with Gasteiger partial charge in [0.15, 0.2) is 0 Å². The fourth-order valence-corrected chi connectivity index (χ4v) is 2.10. The molecule has 0 spiro atoms. The molecule has 1 aromatic heterocycles.